The van der Waals surface area contributed by atoms with E-state index in [1.165, 1.54) is 13.8 Å². The smallest absolute Gasteiger partial charge is 0.154 e. The topological polar surface area (TPSA) is 77.4 Å². The maximum Gasteiger partial charge on any atom is 0.154 e. The molecule has 0 aliphatic rings. The summed E-state index contributed by atoms with van der Waals surface area (Å²) in [7, 11) is 0. The lowest BCUT2D eigenvalue weighted by molar-refractivity contribution is -0.0440. The molecule has 0 spiro atoms. The molecule has 0 aromatic carbocycles. The van der Waals surface area contributed by atoms with Crippen molar-refractivity contribution in [3.63, 3.8) is 0 Å². The summed E-state index contributed by atoms with van der Waals surface area (Å²) in [6, 6.07) is 0. The third-order valence-electron chi connectivity index (χ3n) is 2.58. The summed E-state index contributed by atoms with van der Waals surface area (Å²) in [4.78, 5) is 0. The van der Waals surface area contributed by atoms with Gasteiger partial charge in [0.2, 0.25) is 0 Å². The Balaban J connectivity index is 3.21. The quantitative estimate of drug-likeness (QED) is 0.426. The van der Waals surface area contributed by atoms with Crippen LogP contribution in [-0.2, 0) is 18.9 Å². The first-order valence-corrected chi connectivity index (χ1v) is 7.23. The predicted molar refractivity (Wildman–Crippen MR) is 76.5 cm³/mol. The Kier molecular flexibility index (Phi) is 11.9. The maximum absolute atomic E-state index is 13.2. The van der Waals surface area contributed by atoms with Crippen LogP contribution in [0.15, 0.2) is 0 Å². The normalized spacial score (nSPS) is 17.2. The van der Waals surface area contributed by atoms with Crippen LogP contribution in [-0.4, -0.2) is 87.6 Å². The summed E-state index contributed by atoms with van der Waals surface area (Å²) in [6.07, 6.45) is 0. The molecule has 22 heavy (non-hydrogen) atoms. The largest absolute Gasteiger partial charge is 0.393 e. The van der Waals surface area contributed by atoms with E-state index in [1.54, 1.807) is 0 Å². The van der Waals surface area contributed by atoms with E-state index in [-0.39, 0.29) is 26.4 Å². The van der Waals surface area contributed by atoms with Crippen LogP contribution in [0.25, 0.3) is 0 Å². The highest BCUT2D eigenvalue weighted by atomic mass is 19.1. The molecule has 0 heterocycles. The highest BCUT2D eigenvalue weighted by molar-refractivity contribution is 4.70. The van der Waals surface area contributed by atoms with Crippen molar-refractivity contribution in [1.82, 2.24) is 0 Å². The number of hydrogen-bond acceptors (Lipinski definition) is 6. The van der Waals surface area contributed by atoms with Crippen molar-refractivity contribution in [3.8, 4) is 0 Å². The van der Waals surface area contributed by atoms with Crippen LogP contribution in [0.1, 0.15) is 13.8 Å². The molecule has 2 unspecified atom stereocenters. The van der Waals surface area contributed by atoms with Crippen LogP contribution >= 0.6 is 0 Å². The van der Waals surface area contributed by atoms with Crippen molar-refractivity contribution in [2.45, 2.75) is 25.2 Å². The molecule has 0 aliphatic carbocycles. The number of aliphatic hydroxyl groups is 2. The van der Waals surface area contributed by atoms with Crippen LogP contribution in [0.4, 0.5) is 8.78 Å². The van der Waals surface area contributed by atoms with Gasteiger partial charge < -0.3 is 29.2 Å². The second-order valence-electron chi connectivity index (χ2n) is 5.47. The fraction of sp³-hybridized carbons (Fsp3) is 1.00. The van der Waals surface area contributed by atoms with Gasteiger partial charge in [0.05, 0.1) is 66.1 Å². The Morgan fingerprint density at radius 2 is 0.909 bits per heavy atom. The Morgan fingerprint density at radius 3 is 1.18 bits per heavy atom. The summed E-state index contributed by atoms with van der Waals surface area (Å²) in [5.74, 6) is 0. The fourth-order valence-corrected chi connectivity index (χ4v) is 1.22. The summed E-state index contributed by atoms with van der Waals surface area (Å²) in [5.41, 5.74) is -3.45. The lowest BCUT2D eigenvalue weighted by Crippen LogP contribution is -2.30. The molecule has 8 heteroatoms. The van der Waals surface area contributed by atoms with E-state index in [0.29, 0.717) is 26.4 Å². The maximum atomic E-state index is 13.2. The van der Waals surface area contributed by atoms with Gasteiger partial charge in [-0.1, -0.05) is 0 Å². The second kappa shape index (κ2) is 12.1. The molecule has 0 aliphatic heterocycles. The van der Waals surface area contributed by atoms with Gasteiger partial charge in [0, 0.05) is 0 Å². The van der Waals surface area contributed by atoms with Gasteiger partial charge >= 0.3 is 0 Å². The van der Waals surface area contributed by atoms with Gasteiger partial charge in [-0.3, -0.25) is 0 Å². The van der Waals surface area contributed by atoms with E-state index in [9.17, 15) is 8.78 Å². The van der Waals surface area contributed by atoms with Crippen molar-refractivity contribution in [1.29, 1.82) is 0 Å². The van der Waals surface area contributed by atoms with E-state index in [0.717, 1.165) is 0 Å². The molecule has 2 N–H and O–H groups in total. The molecule has 0 saturated heterocycles. The van der Waals surface area contributed by atoms with Crippen LogP contribution < -0.4 is 0 Å². The average molecular weight is 330 g/mol. The molecule has 0 radical (unpaired) electrons. The van der Waals surface area contributed by atoms with Crippen LogP contribution in [0.5, 0.6) is 0 Å². The first-order valence-electron chi connectivity index (χ1n) is 7.23. The molecule has 0 aromatic heterocycles. The number of aliphatic hydroxyl groups excluding tert-OH is 2. The van der Waals surface area contributed by atoms with E-state index in [1.807, 2.05) is 0 Å². The van der Waals surface area contributed by atoms with E-state index >= 15 is 0 Å². The Bertz CT molecular complexity index is 238. The third-order valence-corrected chi connectivity index (χ3v) is 2.58. The summed E-state index contributed by atoms with van der Waals surface area (Å²) >= 11 is 0. The standard InChI is InChI=1S/C14H28F2O6/c1-13(15,9-17)11-21-7-5-19-3-4-20-6-8-22-12-14(2,16)10-18/h17-18H,3-12H2,1-2H3. The predicted octanol–water partition coefficient (Wildman–Crippen LogP) is 0.494. The molecule has 0 rings (SSSR count). The molecule has 2 atom stereocenters. The van der Waals surface area contributed by atoms with Crippen molar-refractivity contribution in [2.75, 3.05) is 66.1 Å². The minimum Gasteiger partial charge on any atom is -0.393 e. The van der Waals surface area contributed by atoms with Gasteiger partial charge in [-0.05, 0) is 13.8 Å². The number of halogens is 2. The number of hydrogen-bond donors (Lipinski definition) is 2. The monoisotopic (exact) mass is 330 g/mol. The summed E-state index contributed by atoms with van der Waals surface area (Å²) < 4.78 is 46.8. The first-order chi connectivity index (χ1) is 10.3. The van der Waals surface area contributed by atoms with Gasteiger partial charge in [-0.15, -0.1) is 0 Å². The minimum atomic E-state index is -1.73. The lowest BCUT2D eigenvalue weighted by Gasteiger charge is -2.17. The van der Waals surface area contributed by atoms with Crippen LogP contribution in [0, 0.1) is 0 Å². The Morgan fingerprint density at radius 1 is 0.636 bits per heavy atom. The Hall–Kier alpha value is -0.380. The molecule has 0 bridgehead atoms. The molecule has 0 fully saturated rings. The van der Waals surface area contributed by atoms with Gasteiger partial charge in [0.15, 0.2) is 11.3 Å². The fourth-order valence-electron chi connectivity index (χ4n) is 1.22. The average Bonchev–Trinajstić information content (AvgIpc) is 2.48. The molecular formula is C14H28F2O6. The molecule has 0 aromatic rings. The zero-order chi connectivity index (χ0) is 16.9. The zero-order valence-electron chi connectivity index (χ0n) is 13.4. The van der Waals surface area contributed by atoms with Crippen molar-refractivity contribution >= 4 is 0 Å². The Labute approximate surface area is 130 Å². The van der Waals surface area contributed by atoms with Gasteiger partial charge in [-0.2, -0.15) is 0 Å². The van der Waals surface area contributed by atoms with Crippen LogP contribution in [0.2, 0.25) is 0 Å². The third kappa shape index (κ3) is 13.3. The highest BCUT2D eigenvalue weighted by Gasteiger charge is 2.22. The van der Waals surface area contributed by atoms with Crippen molar-refractivity contribution in [3.05, 3.63) is 0 Å². The summed E-state index contributed by atoms with van der Waals surface area (Å²) in [5, 5.41) is 17.3. The SMILES string of the molecule is CC(F)(CO)COCCOCCOCCOCC(C)(F)CO. The van der Waals surface area contributed by atoms with Crippen molar-refractivity contribution in [2.24, 2.45) is 0 Å². The summed E-state index contributed by atoms with van der Waals surface area (Å²) in [6.45, 7) is 2.79. The van der Waals surface area contributed by atoms with Gasteiger partial charge in [0.1, 0.15) is 0 Å². The van der Waals surface area contributed by atoms with Gasteiger partial charge in [-0.25, -0.2) is 8.78 Å². The van der Waals surface area contributed by atoms with Crippen molar-refractivity contribution < 1.29 is 37.9 Å². The molecule has 6 nitrogen and oxygen atoms in total. The molecular weight excluding hydrogens is 302 g/mol. The first kappa shape index (κ1) is 21.6. The van der Waals surface area contributed by atoms with E-state index in [2.05, 4.69) is 0 Å². The molecule has 134 valence electrons. The van der Waals surface area contributed by atoms with E-state index < -0.39 is 24.6 Å². The minimum absolute atomic E-state index is 0.179. The molecule has 0 amide bonds. The lowest BCUT2D eigenvalue weighted by atomic mass is 10.2. The second-order valence-corrected chi connectivity index (χ2v) is 5.47. The highest BCUT2D eigenvalue weighted by Crippen LogP contribution is 2.09. The number of ether oxygens (including phenoxy) is 4. The zero-order valence-corrected chi connectivity index (χ0v) is 13.4. The number of alkyl halides is 2. The number of rotatable bonds is 15. The molecule has 0 saturated carbocycles. The van der Waals surface area contributed by atoms with Crippen LogP contribution in [0.3, 0.4) is 0 Å². The van der Waals surface area contributed by atoms with E-state index in [4.69, 9.17) is 29.2 Å². The van der Waals surface area contributed by atoms with Gasteiger partial charge in [0.25, 0.3) is 0 Å².